The molecule has 1 aromatic rings. The maximum Gasteiger partial charge on any atom is 0.305 e. The first-order valence-corrected chi connectivity index (χ1v) is 7.36. The highest BCUT2D eigenvalue weighted by Crippen LogP contribution is 2.10. The normalized spacial score (nSPS) is 13.1. The summed E-state index contributed by atoms with van der Waals surface area (Å²) in [6.45, 7) is 1.52. The molecule has 0 aliphatic heterocycles. The maximum absolute atomic E-state index is 11.8. The Morgan fingerprint density at radius 1 is 1.30 bits per heavy atom. The molecule has 20 heavy (non-hydrogen) atoms. The van der Waals surface area contributed by atoms with Crippen molar-refractivity contribution in [1.82, 2.24) is 5.32 Å². The molecule has 1 amide bonds. The number of hydrogen-bond acceptors (Lipinski definition) is 4. The zero-order valence-corrected chi connectivity index (χ0v) is 11.6. The van der Waals surface area contributed by atoms with Crippen molar-refractivity contribution in [2.45, 2.75) is 24.3 Å². The van der Waals surface area contributed by atoms with Gasteiger partial charge in [-0.2, -0.15) is 0 Å². The minimum absolute atomic E-state index is 0.0858. The molecule has 0 aliphatic rings. The van der Waals surface area contributed by atoms with E-state index in [1.807, 2.05) is 0 Å². The van der Waals surface area contributed by atoms with E-state index >= 15 is 0 Å². The summed E-state index contributed by atoms with van der Waals surface area (Å²) in [5.74, 6) is -1.70. The summed E-state index contributed by atoms with van der Waals surface area (Å²) in [5.41, 5.74) is 0. The van der Waals surface area contributed by atoms with Crippen molar-refractivity contribution in [3.05, 3.63) is 41.8 Å². The van der Waals surface area contributed by atoms with Gasteiger partial charge in [0.25, 0.3) is 0 Å². The van der Waals surface area contributed by atoms with Gasteiger partial charge < -0.3 is 10.4 Å². The van der Waals surface area contributed by atoms with Gasteiger partial charge in [0.1, 0.15) is 0 Å². The predicted octanol–water partition coefficient (Wildman–Crippen LogP) is 0.953. The lowest BCUT2D eigenvalue weighted by Gasteiger charge is -2.08. The number of nitrogens with one attached hydrogen (secondary N) is 1. The largest absolute Gasteiger partial charge is 0.481 e. The molecule has 0 spiro atoms. The second kappa shape index (κ2) is 6.85. The van der Waals surface area contributed by atoms with E-state index in [1.165, 1.54) is 19.1 Å². The van der Waals surface area contributed by atoms with Crippen LogP contribution in [0, 0.1) is 0 Å². The van der Waals surface area contributed by atoms with Crippen LogP contribution in [0.4, 0.5) is 0 Å². The third kappa shape index (κ3) is 5.23. The van der Waals surface area contributed by atoms with Crippen molar-refractivity contribution in [3.8, 4) is 0 Å². The topological polar surface area (TPSA) is 101 Å². The SMILES string of the molecule is CC(CC(=O)O)NC(=O)/C=C/S(=O)(=O)c1ccccc1. The molecule has 6 nitrogen and oxygen atoms in total. The summed E-state index contributed by atoms with van der Waals surface area (Å²) in [6, 6.07) is 7.10. The first-order valence-electron chi connectivity index (χ1n) is 5.82. The van der Waals surface area contributed by atoms with E-state index in [9.17, 15) is 18.0 Å². The van der Waals surface area contributed by atoms with Gasteiger partial charge in [0.2, 0.25) is 5.91 Å². The van der Waals surface area contributed by atoms with E-state index in [0.717, 1.165) is 11.5 Å². The zero-order valence-electron chi connectivity index (χ0n) is 10.8. The number of carboxylic acid groups (broad SMARTS) is 1. The lowest BCUT2D eigenvalue weighted by Crippen LogP contribution is -2.33. The number of aliphatic carboxylic acids is 1. The molecule has 0 aliphatic carbocycles. The second-order valence-electron chi connectivity index (χ2n) is 4.17. The van der Waals surface area contributed by atoms with Crippen molar-refractivity contribution in [2.75, 3.05) is 0 Å². The molecule has 0 saturated heterocycles. The number of carboxylic acids is 1. The van der Waals surface area contributed by atoms with Crippen LogP contribution < -0.4 is 5.32 Å². The molecule has 1 unspecified atom stereocenters. The fourth-order valence-electron chi connectivity index (χ4n) is 1.44. The highest BCUT2D eigenvalue weighted by molar-refractivity contribution is 7.94. The van der Waals surface area contributed by atoms with E-state index in [4.69, 9.17) is 5.11 Å². The summed E-state index contributed by atoms with van der Waals surface area (Å²) in [4.78, 5) is 22.0. The van der Waals surface area contributed by atoms with E-state index in [0.29, 0.717) is 0 Å². The molecule has 1 atom stereocenters. The van der Waals surface area contributed by atoms with Gasteiger partial charge in [0.05, 0.1) is 11.3 Å². The van der Waals surface area contributed by atoms with Crippen LogP contribution in [-0.2, 0) is 19.4 Å². The number of carbonyl (C=O) groups excluding carboxylic acids is 1. The molecule has 2 N–H and O–H groups in total. The van der Waals surface area contributed by atoms with E-state index in [1.54, 1.807) is 18.2 Å². The predicted molar refractivity (Wildman–Crippen MR) is 72.6 cm³/mol. The highest BCUT2D eigenvalue weighted by atomic mass is 32.2. The van der Waals surface area contributed by atoms with Gasteiger partial charge in [-0.15, -0.1) is 0 Å². The number of sulfone groups is 1. The fourth-order valence-corrected chi connectivity index (χ4v) is 2.44. The highest BCUT2D eigenvalue weighted by Gasteiger charge is 2.12. The molecule has 108 valence electrons. The first kappa shape index (κ1) is 15.9. The molecule has 1 aromatic carbocycles. The number of rotatable bonds is 6. The standard InChI is InChI=1S/C13H15NO5S/c1-10(9-13(16)17)14-12(15)7-8-20(18,19)11-5-3-2-4-6-11/h2-8,10H,9H2,1H3,(H,14,15)(H,16,17)/b8-7+. The van der Waals surface area contributed by atoms with Gasteiger partial charge in [0.15, 0.2) is 9.84 Å². The molecular formula is C13H15NO5S. The third-order valence-electron chi connectivity index (χ3n) is 2.34. The van der Waals surface area contributed by atoms with Gasteiger partial charge in [-0.1, -0.05) is 18.2 Å². The Labute approximate surface area is 117 Å². The lowest BCUT2D eigenvalue weighted by molar-refractivity contribution is -0.137. The summed E-state index contributed by atoms with van der Waals surface area (Å²) in [5, 5.41) is 11.7. The van der Waals surface area contributed by atoms with E-state index in [-0.39, 0.29) is 11.3 Å². The van der Waals surface area contributed by atoms with Gasteiger partial charge in [-0.25, -0.2) is 8.42 Å². The first-order chi connectivity index (χ1) is 9.31. The fraction of sp³-hybridized carbons (Fsp3) is 0.231. The summed E-state index contributed by atoms with van der Waals surface area (Å²) < 4.78 is 23.7. The minimum Gasteiger partial charge on any atom is -0.481 e. The van der Waals surface area contributed by atoms with Gasteiger partial charge in [-0.3, -0.25) is 9.59 Å². The molecule has 7 heteroatoms. The average Bonchev–Trinajstić information content (AvgIpc) is 2.36. The zero-order chi connectivity index (χ0) is 15.2. The number of benzene rings is 1. The van der Waals surface area contributed by atoms with Crippen molar-refractivity contribution >= 4 is 21.7 Å². The van der Waals surface area contributed by atoms with Gasteiger partial charge in [0, 0.05) is 17.5 Å². The number of carbonyl (C=O) groups is 2. The van der Waals surface area contributed by atoms with Crippen LogP contribution >= 0.6 is 0 Å². The van der Waals surface area contributed by atoms with Crippen LogP contribution in [0.1, 0.15) is 13.3 Å². The Kier molecular flexibility index (Phi) is 5.45. The maximum atomic E-state index is 11.8. The minimum atomic E-state index is -3.67. The van der Waals surface area contributed by atoms with Crippen LogP contribution in [0.15, 0.2) is 46.7 Å². The summed E-state index contributed by atoms with van der Waals surface area (Å²) >= 11 is 0. The van der Waals surface area contributed by atoms with Crippen LogP contribution in [0.25, 0.3) is 0 Å². The van der Waals surface area contributed by atoms with Gasteiger partial charge >= 0.3 is 5.97 Å². The second-order valence-corrected chi connectivity index (χ2v) is 6.00. The van der Waals surface area contributed by atoms with Crippen LogP contribution in [0.3, 0.4) is 0 Å². The average molecular weight is 297 g/mol. The third-order valence-corrected chi connectivity index (χ3v) is 3.76. The molecule has 0 radical (unpaired) electrons. The van der Waals surface area contributed by atoms with Crippen molar-refractivity contribution in [2.24, 2.45) is 0 Å². The van der Waals surface area contributed by atoms with Crippen molar-refractivity contribution in [1.29, 1.82) is 0 Å². The Bertz CT molecular complexity index is 607. The molecule has 1 rings (SSSR count). The van der Waals surface area contributed by atoms with Crippen molar-refractivity contribution < 1.29 is 23.1 Å². The number of amides is 1. The van der Waals surface area contributed by atoms with Crippen LogP contribution in [0.2, 0.25) is 0 Å². The molecule has 0 aromatic heterocycles. The summed E-state index contributed by atoms with van der Waals surface area (Å²) in [7, 11) is -3.67. The lowest BCUT2D eigenvalue weighted by atomic mass is 10.2. The molecular weight excluding hydrogens is 282 g/mol. The van der Waals surface area contributed by atoms with E-state index in [2.05, 4.69) is 5.32 Å². The van der Waals surface area contributed by atoms with E-state index < -0.39 is 27.8 Å². The smallest absolute Gasteiger partial charge is 0.305 e. The Morgan fingerprint density at radius 2 is 1.90 bits per heavy atom. The number of hydrogen-bond donors (Lipinski definition) is 2. The Balaban J connectivity index is 2.68. The van der Waals surface area contributed by atoms with Gasteiger partial charge in [-0.05, 0) is 19.1 Å². The monoisotopic (exact) mass is 297 g/mol. The van der Waals surface area contributed by atoms with Crippen LogP contribution in [-0.4, -0.2) is 31.4 Å². The Hall–Kier alpha value is -2.15. The van der Waals surface area contributed by atoms with Crippen LogP contribution in [0.5, 0.6) is 0 Å². The molecule has 0 fully saturated rings. The summed E-state index contributed by atoms with van der Waals surface area (Å²) in [6.07, 6.45) is 0.645. The molecule has 0 saturated carbocycles. The quantitative estimate of drug-likeness (QED) is 0.761. The van der Waals surface area contributed by atoms with Crippen molar-refractivity contribution in [3.63, 3.8) is 0 Å². The molecule has 0 heterocycles. The Morgan fingerprint density at radius 3 is 2.45 bits per heavy atom. The molecule has 0 bridgehead atoms.